The number of aromatic nitrogens is 4. The summed E-state index contributed by atoms with van der Waals surface area (Å²) < 4.78 is 1.59. The van der Waals surface area contributed by atoms with E-state index in [1.54, 1.807) is 24.9 Å². The average molecular weight is 331 g/mol. The molecule has 1 unspecified atom stereocenters. The van der Waals surface area contributed by atoms with Gasteiger partial charge in [-0.2, -0.15) is 10.2 Å². The summed E-state index contributed by atoms with van der Waals surface area (Å²) >= 11 is 0. The van der Waals surface area contributed by atoms with Gasteiger partial charge in [-0.05, 0) is 31.9 Å². The summed E-state index contributed by atoms with van der Waals surface area (Å²) in [6.07, 6.45) is 3.61. The molecule has 1 atom stereocenters. The molecule has 0 N–H and O–H groups in total. The van der Waals surface area contributed by atoms with Crippen LogP contribution in [0.1, 0.15) is 18.5 Å². The zero-order valence-electron chi connectivity index (χ0n) is 14.1. The van der Waals surface area contributed by atoms with Crippen molar-refractivity contribution >= 4 is 17.3 Å². The molecule has 0 amide bonds. The molecular formula is C15H21N7O2. The van der Waals surface area contributed by atoms with Crippen molar-refractivity contribution in [3.8, 4) is 0 Å². The van der Waals surface area contributed by atoms with E-state index in [1.807, 2.05) is 24.1 Å². The van der Waals surface area contributed by atoms with E-state index in [2.05, 4.69) is 20.2 Å². The maximum absolute atomic E-state index is 11.4. The van der Waals surface area contributed by atoms with Crippen LogP contribution in [0.3, 0.4) is 0 Å². The molecule has 0 bridgehead atoms. The SMILES string of the molecule is Cc1nn(C)c(N(C)C2CCCN(c3cccnn3)C2)c1[N+](=O)[O-]. The molecule has 2 aromatic rings. The van der Waals surface area contributed by atoms with Gasteiger partial charge in [0, 0.05) is 39.4 Å². The average Bonchev–Trinajstić information content (AvgIpc) is 2.89. The molecule has 9 nitrogen and oxygen atoms in total. The van der Waals surface area contributed by atoms with Crippen LogP contribution in [-0.4, -0.2) is 51.1 Å². The lowest BCUT2D eigenvalue weighted by molar-refractivity contribution is -0.384. The number of anilines is 2. The van der Waals surface area contributed by atoms with E-state index in [0.717, 1.165) is 31.7 Å². The zero-order valence-corrected chi connectivity index (χ0v) is 14.1. The Balaban J connectivity index is 1.85. The van der Waals surface area contributed by atoms with Crippen LogP contribution in [0.5, 0.6) is 0 Å². The molecule has 9 heteroatoms. The summed E-state index contributed by atoms with van der Waals surface area (Å²) in [6.45, 7) is 3.33. The highest BCUT2D eigenvalue weighted by Crippen LogP contribution is 2.33. The van der Waals surface area contributed by atoms with Crippen LogP contribution in [0.4, 0.5) is 17.3 Å². The van der Waals surface area contributed by atoms with Gasteiger partial charge in [-0.1, -0.05) is 0 Å². The summed E-state index contributed by atoms with van der Waals surface area (Å²) in [6, 6.07) is 3.95. The first-order valence-electron chi connectivity index (χ1n) is 7.92. The van der Waals surface area contributed by atoms with Crippen LogP contribution in [0, 0.1) is 17.0 Å². The predicted molar refractivity (Wildman–Crippen MR) is 90.3 cm³/mol. The number of rotatable bonds is 4. The number of aryl methyl sites for hydroxylation is 2. The quantitative estimate of drug-likeness (QED) is 0.619. The zero-order chi connectivity index (χ0) is 17.3. The van der Waals surface area contributed by atoms with Crippen molar-refractivity contribution in [2.24, 2.45) is 7.05 Å². The van der Waals surface area contributed by atoms with E-state index in [9.17, 15) is 10.1 Å². The molecule has 0 saturated carbocycles. The van der Waals surface area contributed by atoms with Gasteiger partial charge in [-0.25, -0.2) is 4.68 Å². The lowest BCUT2D eigenvalue weighted by Crippen LogP contribution is -2.47. The molecular weight excluding hydrogens is 310 g/mol. The van der Waals surface area contributed by atoms with Gasteiger partial charge in [-0.15, -0.1) is 5.10 Å². The second-order valence-electron chi connectivity index (χ2n) is 6.07. The van der Waals surface area contributed by atoms with Crippen LogP contribution in [0.15, 0.2) is 18.3 Å². The summed E-state index contributed by atoms with van der Waals surface area (Å²) in [5.74, 6) is 1.38. The fraction of sp³-hybridized carbons (Fsp3) is 0.533. The molecule has 1 aliphatic rings. The summed E-state index contributed by atoms with van der Waals surface area (Å²) in [4.78, 5) is 15.2. The van der Waals surface area contributed by atoms with Crippen molar-refractivity contribution in [3.63, 3.8) is 0 Å². The van der Waals surface area contributed by atoms with Gasteiger partial charge >= 0.3 is 5.69 Å². The van der Waals surface area contributed by atoms with E-state index in [1.165, 1.54) is 0 Å². The van der Waals surface area contributed by atoms with E-state index < -0.39 is 0 Å². The maximum Gasteiger partial charge on any atom is 0.333 e. The number of nitrogens with zero attached hydrogens (tertiary/aromatic N) is 7. The highest BCUT2D eigenvalue weighted by molar-refractivity contribution is 5.61. The maximum atomic E-state index is 11.4. The van der Waals surface area contributed by atoms with Gasteiger partial charge in [0.1, 0.15) is 5.69 Å². The summed E-state index contributed by atoms with van der Waals surface area (Å²) in [7, 11) is 3.64. The van der Waals surface area contributed by atoms with Crippen molar-refractivity contribution in [1.82, 2.24) is 20.0 Å². The highest BCUT2D eigenvalue weighted by atomic mass is 16.6. The molecule has 0 aliphatic carbocycles. The van der Waals surface area contributed by atoms with Crippen LogP contribution in [0.2, 0.25) is 0 Å². The Labute approximate surface area is 140 Å². The molecule has 0 spiro atoms. The minimum absolute atomic E-state index is 0.0802. The fourth-order valence-corrected chi connectivity index (χ4v) is 3.36. The summed E-state index contributed by atoms with van der Waals surface area (Å²) in [5.41, 5.74) is 0.516. The first kappa shape index (κ1) is 16.2. The Kier molecular flexibility index (Phi) is 4.32. The number of hydrogen-bond donors (Lipinski definition) is 0. The molecule has 2 aromatic heterocycles. The smallest absolute Gasteiger partial charge is 0.333 e. The largest absolute Gasteiger partial charge is 0.353 e. The topological polar surface area (TPSA) is 93.2 Å². The summed E-state index contributed by atoms with van der Waals surface area (Å²) in [5, 5.41) is 23.8. The standard InChI is InChI=1S/C15H21N7O2/c1-11-14(22(23)24)15(20(3)18-11)19(2)12-6-5-9-21(10-12)13-7-4-8-16-17-13/h4,7-8,12H,5-6,9-10H2,1-3H3. The van der Waals surface area contributed by atoms with Crippen molar-refractivity contribution in [3.05, 3.63) is 34.1 Å². The third-order valence-electron chi connectivity index (χ3n) is 4.50. The lowest BCUT2D eigenvalue weighted by atomic mass is 10.0. The third-order valence-corrected chi connectivity index (χ3v) is 4.50. The van der Waals surface area contributed by atoms with Gasteiger partial charge in [0.05, 0.1) is 4.92 Å². The van der Waals surface area contributed by atoms with Crippen molar-refractivity contribution in [1.29, 1.82) is 0 Å². The Morgan fingerprint density at radius 3 is 2.92 bits per heavy atom. The Hall–Kier alpha value is -2.71. The van der Waals surface area contributed by atoms with E-state index in [4.69, 9.17) is 0 Å². The second-order valence-corrected chi connectivity index (χ2v) is 6.07. The molecule has 1 aliphatic heterocycles. The fourth-order valence-electron chi connectivity index (χ4n) is 3.36. The van der Waals surface area contributed by atoms with Crippen LogP contribution >= 0.6 is 0 Å². The third kappa shape index (κ3) is 2.89. The van der Waals surface area contributed by atoms with Crippen molar-refractivity contribution < 1.29 is 4.92 Å². The normalized spacial score (nSPS) is 17.8. The number of hydrogen-bond acceptors (Lipinski definition) is 7. The Bertz CT molecular complexity index is 731. The van der Waals surface area contributed by atoms with Gasteiger partial charge in [0.25, 0.3) is 0 Å². The van der Waals surface area contributed by atoms with Crippen LogP contribution in [0.25, 0.3) is 0 Å². The molecule has 0 radical (unpaired) electrons. The van der Waals surface area contributed by atoms with Crippen LogP contribution in [-0.2, 0) is 7.05 Å². The molecule has 1 saturated heterocycles. The molecule has 0 aromatic carbocycles. The van der Waals surface area contributed by atoms with Crippen molar-refractivity contribution in [2.75, 3.05) is 29.9 Å². The minimum Gasteiger partial charge on any atom is -0.353 e. The Morgan fingerprint density at radius 2 is 2.25 bits per heavy atom. The predicted octanol–water partition coefficient (Wildman–Crippen LogP) is 1.53. The van der Waals surface area contributed by atoms with E-state index in [-0.39, 0.29) is 16.7 Å². The number of piperidine rings is 1. The first-order chi connectivity index (χ1) is 11.5. The first-order valence-corrected chi connectivity index (χ1v) is 7.92. The molecule has 3 rings (SSSR count). The van der Waals surface area contributed by atoms with Gasteiger partial charge < -0.3 is 9.80 Å². The molecule has 3 heterocycles. The molecule has 24 heavy (non-hydrogen) atoms. The lowest BCUT2D eigenvalue weighted by Gasteiger charge is -2.38. The number of likely N-dealkylation sites (N-methyl/N-ethyl adjacent to an activating group) is 1. The van der Waals surface area contributed by atoms with Crippen LogP contribution < -0.4 is 9.80 Å². The van der Waals surface area contributed by atoms with Gasteiger partial charge in [0.15, 0.2) is 5.82 Å². The highest BCUT2D eigenvalue weighted by Gasteiger charge is 2.32. The second kappa shape index (κ2) is 6.42. The Morgan fingerprint density at radius 1 is 1.46 bits per heavy atom. The van der Waals surface area contributed by atoms with E-state index >= 15 is 0 Å². The van der Waals surface area contributed by atoms with Gasteiger partial charge in [-0.3, -0.25) is 10.1 Å². The van der Waals surface area contributed by atoms with E-state index in [0.29, 0.717) is 11.5 Å². The van der Waals surface area contributed by atoms with Gasteiger partial charge in [0.2, 0.25) is 5.82 Å². The minimum atomic E-state index is -0.350. The molecule has 128 valence electrons. The van der Waals surface area contributed by atoms with Crippen molar-refractivity contribution in [2.45, 2.75) is 25.8 Å². The number of nitro groups is 1. The molecule has 1 fully saturated rings. The monoisotopic (exact) mass is 331 g/mol.